The van der Waals surface area contributed by atoms with E-state index in [1.165, 1.54) is 5.57 Å². The summed E-state index contributed by atoms with van der Waals surface area (Å²) in [6.45, 7) is 17.4. The second-order valence-electron chi connectivity index (χ2n) is 11.1. The Bertz CT molecular complexity index is 1060. The van der Waals surface area contributed by atoms with Crippen LogP contribution < -0.4 is 0 Å². The predicted molar refractivity (Wildman–Crippen MR) is 146 cm³/mol. The van der Waals surface area contributed by atoms with E-state index in [1.54, 1.807) is 13.8 Å². The Morgan fingerprint density at radius 2 is 1.73 bits per heavy atom. The first-order valence-corrected chi connectivity index (χ1v) is 13.4. The van der Waals surface area contributed by atoms with Gasteiger partial charge in [-0.25, -0.2) is 0 Å². The molecule has 2 rings (SSSR count). The van der Waals surface area contributed by atoms with Crippen LogP contribution in [0.5, 0.6) is 0 Å². The number of aliphatic carboxylic acids is 1. The van der Waals surface area contributed by atoms with Gasteiger partial charge in [-0.05, 0) is 73.1 Å². The van der Waals surface area contributed by atoms with E-state index in [0.29, 0.717) is 12.8 Å². The van der Waals surface area contributed by atoms with E-state index in [1.807, 2.05) is 40.7 Å². The van der Waals surface area contributed by atoms with Crippen LogP contribution in [0.3, 0.4) is 0 Å². The van der Waals surface area contributed by atoms with Crippen molar-refractivity contribution in [1.82, 2.24) is 0 Å². The van der Waals surface area contributed by atoms with E-state index in [-0.39, 0.29) is 47.7 Å². The van der Waals surface area contributed by atoms with Crippen molar-refractivity contribution in [2.24, 2.45) is 17.3 Å². The average molecular weight is 513 g/mol. The molecule has 0 saturated carbocycles. The molecule has 1 aliphatic carbocycles. The molecule has 2 N–H and O–H groups in total. The van der Waals surface area contributed by atoms with Crippen LogP contribution in [0.1, 0.15) is 93.4 Å². The van der Waals surface area contributed by atoms with E-state index in [2.05, 4.69) is 12.7 Å². The molecule has 2 aliphatic rings. The van der Waals surface area contributed by atoms with E-state index in [0.717, 1.165) is 24.0 Å². The lowest BCUT2D eigenvalue weighted by Crippen LogP contribution is -2.47. The fourth-order valence-electron chi connectivity index (χ4n) is 5.01. The minimum atomic E-state index is -1.45. The van der Waals surface area contributed by atoms with Gasteiger partial charge in [-0.2, -0.15) is 0 Å². The highest BCUT2D eigenvalue weighted by atomic mass is 16.5. The van der Waals surface area contributed by atoms with Gasteiger partial charge in [0.1, 0.15) is 23.2 Å². The van der Waals surface area contributed by atoms with E-state index in [4.69, 9.17) is 4.74 Å². The third-order valence-corrected chi connectivity index (χ3v) is 7.55. The van der Waals surface area contributed by atoms with Crippen LogP contribution in [0.15, 0.2) is 58.1 Å². The summed E-state index contributed by atoms with van der Waals surface area (Å²) in [5, 5.41) is 22.0. The molecule has 0 aromatic rings. The molecule has 204 valence electrons. The number of aliphatic hydroxyl groups excluding tert-OH is 1. The molecule has 1 aliphatic heterocycles. The number of rotatable bonds is 12. The van der Waals surface area contributed by atoms with E-state index >= 15 is 0 Å². The van der Waals surface area contributed by atoms with Crippen molar-refractivity contribution in [2.75, 3.05) is 0 Å². The monoisotopic (exact) mass is 512 g/mol. The molecule has 0 unspecified atom stereocenters. The van der Waals surface area contributed by atoms with Gasteiger partial charge in [-0.15, -0.1) is 0 Å². The van der Waals surface area contributed by atoms with Crippen LogP contribution in [0.2, 0.25) is 0 Å². The van der Waals surface area contributed by atoms with Gasteiger partial charge in [-0.1, -0.05) is 55.7 Å². The lowest BCUT2D eigenvalue weighted by molar-refractivity contribution is -0.142. The fourth-order valence-corrected chi connectivity index (χ4v) is 5.01. The molecular formula is C31H44O6. The molecule has 1 heterocycles. The van der Waals surface area contributed by atoms with Crippen LogP contribution in [-0.2, 0) is 19.1 Å². The summed E-state index contributed by atoms with van der Waals surface area (Å²) >= 11 is 0. The summed E-state index contributed by atoms with van der Waals surface area (Å²) < 4.78 is 6.04. The number of carboxylic acid groups (broad SMARTS) is 1. The normalized spacial score (nSPS) is 24.3. The topological polar surface area (TPSA) is 101 Å². The van der Waals surface area contributed by atoms with Crippen LogP contribution >= 0.6 is 0 Å². The molecule has 0 spiro atoms. The van der Waals surface area contributed by atoms with Crippen LogP contribution in [-0.4, -0.2) is 33.9 Å². The van der Waals surface area contributed by atoms with E-state index < -0.39 is 35.1 Å². The van der Waals surface area contributed by atoms with Crippen LogP contribution in [0.4, 0.5) is 0 Å². The molecule has 37 heavy (non-hydrogen) atoms. The fraction of sp³-hybridized carbons (Fsp3) is 0.581. The van der Waals surface area contributed by atoms with Gasteiger partial charge < -0.3 is 14.9 Å². The Morgan fingerprint density at radius 3 is 2.27 bits per heavy atom. The summed E-state index contributed by atoms with van der Waals surface area (Å²) in [4.78, 5) is 40.1. The van der Waals surface area contributed by atoms with Gasteiger partial charge >= 0.3 is 5.97 Å². The van der Waals surface area contributed by atoms with Gasteiger partial charge in [0.05, 0.1) is 17.3 Å². The van der Waals surface area contributed by atoms with Crippen molar-refractivity contribution >= 4 is 17.5 Å². The summed E-state index contributed by atoms with van der Waals surface area (Å²) in [6.07, 6.45) is 6.68. The first-order valence-electron chi connectivity index (χ1n) is 13.4. The third kappa shape index (κ3) is 6.52. The number of carbonyl (C=O) groups excluding carboxylic acids is 2. The molecule has 0 fully saturated rings. The van der Waals surface area contributed by atoms with Crippen molar-refractivity contribution < 1.29 is 29.3 Å². The highest BCUT2D eigenvalue weighted by Crippen LogP contribution is 2.51. The largest absolute Gasteiger partial charge is 0.511 e. The molecule has 0 saturated heterocycles. The van der Waals surface area contributed by atoms with Gasteiger partial charge in [0, 0.05) is 5.57 Å². The Labute approximate surface area is 221 Å². The van der Waals surface area contributed by atoms with Gasteiger partial charge in [0.25, 0.3) is 0 Å². The lowest BCUT2D eigenvalue weighted by Gasteiger charge is -2.42. The molecule has 0 aromatic heterocycles. The van der Waals surface area contributed by atoms with Gasteiger partial charge in [-0.3, -0.25) is 14.4 Å². The van der Waals surface area contributed by atoms with Crippen LogP contribution in [0.25, 0.3) is 0 Å². The smallest absolute Gasteiger partial charge is 0.311 e. The highest BCUT2D eigenvalue weighted by Gasteiger charge is 2.55. The quantitative estimate of drug-likeness (QED) is 0.212. The second kappa shape index (κ2) is 12.6. The number of carboxylic acids is 1. The van der Waals surface area contributed by atoms with Crippen molar-refractivity contribution in [2.45, 2.75) is 99.5 Å². The van der Waals surface area contributed by atoms with Crippen molar-refractivity contribution in [3.63, 3.8) is 0 Å². The van der Waals surface area contributed by atoms with E-state index in [9.17, 15) is 24.6 Å². The summed E-state index contributed by atoms with van der Waals surface area (Å²) in [5.74, 6) is -3.93. The van der Waals surface area contributed by atoms with Gasteiger partial charge in [0.15, 0.2) is 11.6 Å². The number of allylic oxidation sites excluding steroid dienone is 8. The Kier molecular flexibility index (Phi) is 10.3. The molecule has 6 nitrogen and oxygen atoms in total. The number of hydrogen-bond donors (Lipinski definition) is 2. The Balaban J connectivity index is 2.72. The molecule has 0 bridgehead atoms. The highest BCUT2D eigenvalue weighted by molar-refractivity contribution is 6.25. The minimum absolute atomic E-state index is 0.0471. The zero-order valence-corrected chi connectivity index (χ0v) is 23.6. The van der Waals surface area contributed by atoms with Crippen molar-refractivity contribution in [1.29, 1.82) is 0 Å². The zero-order chi connectivity index (χ0) is 28.1. The maximum absolute atomic E-state index is 14.2. The average Bonchev–Trinajstić information content (AvgIpc) is 2.81. The third-order valence-electron chi connectivity index (χ3n) is 7.55. The first kappa shape index (κ1) is 30.3. The number of ketones is 2. The van der Waals surface area contributed by atoms with Crippen LogP contribution in [0, 0.1) is 17.3 Å². The molecule has 0 radical (unpaired) electrons. The van der Waals surface area contributed by atoms with Gasteiger partial charge in [0.2, 0.25) is 0 Å². The molecule has 4 atom stereocenters. The maximum atomic E-state index is 14.2. The first-order chi connectivity index (χ1) is 17.3. The number of ether oxygens (including phenoxy) is 1. The maximum Gasteiger partial charge on any atom is 0.311 e. The standard InChI is InChI=1S/C31H44O6/c1-9-11-23(30(35)36)24-27-25(26(32)21(7)22(8)37-27)29(34)31(28(24)33,16-14-19(4)5)17-15-20(6)13-10-12-18(2)3/h12,14,21-23,33H,6,9-11,13,15-17H2,1-5,7-8H3,(H,35,36)/t21-,22-,23+,31+/m0/s1. The predicted octanol–water partition coefficient (Wildman–Crippen LogP) is 7.19. The Morgan fingerprint density at radius 1 is 1.11 bits per heavy atom. The second-order valence-corrected chi connectivity index (χ2v) is 11.1. The number of aliphatic hydroxyl groups is 1. The minimum Gasteiger partial charge on any atom is -0.511 e. The SMILES string of the molecule is C=C(CCC=C(C)C)CC[C@@]1(CC=C(C)C)C(=O)C2=C(O[C@@H](C)[C@H](C)C2=O)C([C@@H](CCC)C(=O)O)=C1O. The molecule has 0 aromatic carbocycles. The lowest BCUT2D eigenvalue weighted by atomic mass is 9.63. The van der Waals surface area contributed by atoms with Crippen molar-refractivity contribution in [3.05, 3.63) is 58.1 Å². The Hall–Kier alpha value is -2.89. The molecular weight excluding hydrogens is 468 g/mol. The molecule has 0 amide bonds. The zero-order valence-electron chi connectivity index (χ0n) is 23.6. The number of carbonyl (C=O) groups is 3. The summed E-state index contributed by atoms with van der Waals surface area (Å²) in [6, 6.07) is 0. The summed E-state index contributed by atoms with van der Waals surface area (Å²) in [5.41, 5.74) is 1.64. The summed E-state index contributed by atoms with van der Waals surface area (Å²) in [7, 11) is 0. The van der Waals surface area contributed by atoms with Crippen molar-refractivity contribution in [3.8, 4) is 0 Å². The number of Topliss-reactive ketones (excluding diaryl/α,β-unsaturated/α-hetero) is 2. The molecule has 6 heteroatoms. The number of hydrogen-bond acceptors (Lipinski definition) is 5.